The summed E-state index contributed by atoms with van der Waals surface area (Å²) in [5, 5.41) is 2.76. The maximum atomic E-state index is 11.9. The number of anilines is 1. The van der Waals surface area contributed by atoms with Crippen LogP contribution in [0.5, 0.6) is 0 Å². The molecule has 0 saturated heterocycles. The van der Waals surface area contributed by atoms with E-state index in [2.05, 4.69) is 5.32 Å². The van der Waals surface area contributed by atoms with Crippen molar-refractivity contribution in [1.82, 2.24) is 4.57 Å². The second-order valence-corrected chi connectivity index (χ2v) is 4.85. The van der Waals surface area contributed by atoms with Crippen molar-refractivity contribution in [2.24, 2.45) is 11.7 Å². The number of rotatable bonds is 6. The Morgan fingerprint density at radius 3 is 2.68 bits per heavy atom. The molecule has 0 bridgehead atoms. The Kier molecular flexibility index (Phi) is 5.76. The van der Waals surface area contributed by atoms with Crippen LogP contribution in [0.3, 0.4) is 0 Å². The zero-order valence-corrected chi connectivity index (χ0v) is 11.8. The van der Waals surface area contributed by atoms with Crippen molar-refractivity contribution in [2.75, 3.05) is 5.32 Å². The van der Waals surface area contributed by atoms with Gasteiger partial charge in [-0.15, -0.1) is 0 Å². The third kappa shape index (κ3) is 4.21. The molecule has 2 atom stereocenters. The van der Waals surface area contributed by atoms with Gasteiger partial charge in [0, 0.05) is 18.8 Å². The molecule has 1 aromatic heterocycles. The Labute approximate surface area is 113 Å². The fourth-order valence-electron chi connectivity index (χ4n) is 1.76. The molecule has 0 unspecified atom stereocenters. The van der Waals surface area contributed by atoms with E-state index in [4.69, 9.17) is 5.73 Å². The van der Waals surface area contributed by atoms with Gasteiger partial charge in [0.15, 0.2) is 0 Å². The van der Waals surface area contributed by atoms with Crippen LogP contribution in [0.25, 0.3) is 0 Å². The van der Waals surface area contributed by atoms with E-state index >= 15 is 0 Å². The minimum atomic E-state index is -0.531. The monoisotopic (exact) mass is 265 g/mol. The van der Waals surface area contributed by atoms with Crippen LogP contribution in [-0.2, 0) is 11.3 Å². The smallest absolute Gasteiger partial charge is 0.250 e. The van der Waals surface area contributed by atoms with Crippen molar-refractivity contribution in [1.29, 1.82) is 0 Å². The highest BCUT2D eigenvalue weighted by molar-refractivity contribution is 5.94. The normalized spacial score (nSPS) is 13.9. The first-order valence-corrected chi connectivity index (χ1v) is 6.76. The van der Waals surface area contributed by atoms with E-state index in [0.717, 1.165) is 12.8 Å². The third-order valence-electron chi connectivity index (χ3n) is 3.28. The zero-order valence-electron chi connectivity index (χ0n) is 11.8. The van der Waals surface area contributed by atoms with Crippen LogP contribution in [0.4, 0.5) is 5.69 Å². The largest absolute Gasteiger partial charge is 0.323 e. The number of nitrogens with two attached hydrogens (primary N) is 1. The Balaban J connectivity index is 2.79. The number of amides is 1. The van der Waals surface area contributed by atoms with Crippen LogP contribution in [-0.4, -0.2) is 16.5 Å². The van der Waals surface area contributed by atoms with E-state index < -0.39 is 6.04 Å². The molecule has 1 aromatic rings. The van der Waals surface area contributed by atoms with E-state index in [9.17, 15) is 9.59 Å². The van der Waals surface area contributed by atoms with Crippen LogP contribution >= 0.6 is 0 Å². The fraction of sp³-hybridized carbons (Fsp3) is 0.571. The molecule has 5 heteroatoms. The van der Waals surface area contributed by atoms with Gasteiger partial charge in [0.25, 0.3) is 5.56 Å². The quantitative estimate of drug-likeness (QED) is 0.819. The summed E-state index contributed by atoms with van der Waals surface area (Å²) >= 11 is 0. The van der Waals surface area contributed by atoms with Gasteiger partial charge in [-0.2, -0.15) is 0 Å². The van der Waals surface area contributed by atoms with Crippen LogP contribution in [0.15, 0.2) is 23.1 Å². The summed E-state index contributed by atoms with van der Waals surface area (Å²) in [6.07, 6.45) is 3.38. The molecule has 0 aromatic carbocycles. The Bertz CT molecular complexity index is 482. The molecule has 0 aliphatic carbocycles. The molecule has 0 fully saturated rings. The van der Waals surface area contributed by atoms with E-state index in [1.54, 1.807) is 16.8 Å². The predicted octanol–water partition coefficient (Wildman–Crippen LogP) is 1.57. The number of aromatic nitrogens is 1. The summed E-state index contributed by atoms with van der Waals surface area (Å²) < 4.78 is 1.59. The highest BCUT2D eigenvalue weighted by Crippen LogP contribution is 2.09. The van der Waals surface area contributed by atoms with Crippen molar-refractivity contribution < 1.29 is 4.79 Å². The molecule has 0 spiro atoms. The van der Waals surface area contributed by atoms with Crippen molar-refractivity contribution in [3.05, 3.63) is 28.7 Å². The molecular formula is C14H23N3O2. The van der Waals surface area contributed by atoms with E-state index in [-0.39, 0.29) is 17.4 Å². The number of aryl methyl sites for hydroxylation is 1. The average molecular weight is 265 g/mol. The van der Waals surface area contributed by atoms with Crippen molar-refractivity contribution in [3.63, 3.8) is 0 Å². The minimum Gasteiger partial charge on any atom is -0.323 e. The molecule has 1 amide bonds. The third-order valence-corrected chi connectivity index (χ3v) is 3.28. The van der Waals surface area contributed by atoms with Gasteiger partial charge in [-0.3, -0.25) is 9.59 Å². The van der Waals surface area contributed by atoms with E-state index in [1.165, 1.54) is 6.07 Å². The fourth-order valence-corrected chi connectivity index (χ4v) is 1.76. The molecule has 1 heterocycles. The molecule has 0 radical (unpaired) electrons. The van der Waals surface area contributed by atoms with Gasteiger partial charge in [-0.05, 0) is 18.4 Å². The number of nitrogens with one attached hydrogen (secondary N) is 1. The molecule has 19 heavy (non-hydrogen) atoms. The number of hydrogen-bond acceptors (Lipinski definition) is 3. The van der Waals surface area contributed by atoms with Gasteiger partial charge < -0.3 is 15.6 Å². The first-order chi connectivity index (χ1) is 8.99. The van der Waals surface area contributed by atoms with Crippen LogP contribution < -0.4 is 16.6 Å². The summed E-state index contributed by atoms with van der Waals surface area (Å²) in [6.45, 7) is 6.58. The van der Waals surface area contributed by atoms with E-state index in [1.807, 2.05) is 20.8 Å². The average Bonchev–Trinajstić information content (AvgIpc) is 2.41. The second-order valence-electron chi connectivity index (χ2n) is 4.85. The minimum absolute atomic E-state index is 0.0638. The van der Waals surface area contributed by atoms with Crippen molar-refractivity contribution in [2.45, 2.75) is 46.2 Å². The molecule has 106 valence electrons. The van der Waals surface area contributed by atoms with Gasteiger partial charge in [-0.25, -0.2) is 0 Å². The van der Waals surface area contributed by atoms with Crippen LogP contribution in [0.1, 0.15) is 33.6 Å². The standard InChI is InChI=1S/C14H23N3O2/c1-4-8-17-9-11(6-7-12(17)18)16-14(19)13(15)10(3)5-2/h6-7,9-10,13H,4-5,8,15H2,1-3H3,(H,16,19)/t10-,13-/m0/s1. The van der Waals surface area contributed by atoms with Gasteiger partial charge in [0.2, 0.25) is 5.91 Å². The van der Waals surface area contributed by atoms with E-state index in [0.29, 0.717) is 12.2 Å². The molecular weight excluding hydrogens is 242 g/mol. The Morgan fingerprint density at radius 1 is 1.42 bits per heavy atom. The maximum absolute atomic E-state index is 11.9. The number of hydrogen-bond donors (Lipinski definition) is 2. The van der Waals surface area contributed by atoms with Gasteiger partial charge >= 0.3 is 0 Å². The number of carbonyl (C=O) groups is 1. The molecule has 0 aliphatic rings. The van der Waals surface area contributed by atoms with Gasteiger partial charge in [-0.1, -0.05) is 27.2 Å². The highest BCUT2D eigenvalue weighted by atomic mass is 16.2. The first kappa shape index (κ1) is 15.4. The van der Waals surface area contributed by atoms with Crippen molar-refractivity contribution >= 4 is 11.6 Å². The summed E-state index contributed by atoms with van der Waals surface area (Å²) in [5.41, 5.74) is 6.41. The predicted molar refractivity (Wildman–Crippen MR) is 77.1 cm³/mol. The molecule has 5 nitrogen and oxygen atoms in total. The summed E-state index contributed by atoms with van der Waals surface area (Å²) in [5.74, 6) is -0.0856. The van der Waals surface area contributed by atoms with Crippen molar-refractivity contribution in [3.8, 4) is 0 Å². The number of pyridine rings is 1. The zero-order chi connectivity index (χ0) is 14.4. The number of carbonyl (C=O) groups excluding carboxylic acids is 1. The molecule has 1 rings (SSSR count). The lowest BCUT2D eigenvalue weighted by Gasteiger charge is -2.18. The first-order valence-electron chi connectivity index (χ1n) is 6.76. The maximum Gasteiger partial charge on any atom is 0.250 e. The summed E-state index contributed by atoms with van der Waals surface area (Å²) in [7, 11) is 0. The van der Waals surface area contributed by atoms with Gasteiger partial charge in [0.05, 0.1) is 11.7 Å². The molecule has 0 saturated carbocycles. The SMILES string of the molecule is CCCn1cc(NC(=O)[C@@H](N)[C@@H](C)CC)ccc1=O. The Hall–Kier alpha value is -1.62. The molecule has 3 N–H and O–H groups in total. The summed E-state index contributed by atoms with van der Waals surface area (Å²) in [4.78, 5) is 23.5. The Morgan fingerprint density at radius 2 is 2.11 bits per heavy atom. The highest BCUT2D eigenvalue weighted by Gasteiger charge is 2.19. The van der Waals surface area contributed by atoms with Gasteiger partial charge in [0.1, 0.15) is 0 Å². The lowest BCUT2D eigenvalue weighted by atomic mass is 9.99. The summed E-state index contributed by atoms with van der Waals surface area (Å²) in [6, 6.07) is 2.53. The topological polar surface area (TPSA) is 77.1 Å². The van der Waals surface area contributed by atoms with Crippen LogP contribution in [0.2, 0.25) is 0 Å². The molecule has 0 aliphatic heterocycles. The lowest BCUT2D eigenvalue weighted by molar-refractivity contribution is -0.118. The second kappa shape index (κ2) is 7.09. The number of nitrogens with zero attached hydrogens (tertiary/aromatic N) is 1. The lowest BCUT2D eigenvalue weighted by Crippen LogP contribution is -2.40. The van der Waals surface area contributed by atoms with Crippen LogP contribution in [0, 0.1) is 5.92 Å².